The van der Waals surface area contributed by atoms with Crippen molar-refractivity contribution >= 4 is 11.6 Å². The quantitative estimate of drug-likeness (QED) is 0.861. The molecule has 4 heteroatoms. The summed E-state index contributed by atoms with van der Waals surface area (Å²) in [6, 6.07) is 11.0. The minimum absolute atomic E-state index is 0.227. The van der Waals surface area contributed by atoms with Gasteiger partial charge in [0, 0.05) is 37.8 Å². The molecule has 25 heavy (non-hydrogen) atoms. The summed E-state index contributed by atoms with van der Waals surface area (Å²) in [6.45, 7) is 4.20. The number of carbonyl (C=O) groups excluding carboxylic acids is 1. The molecule has 1 amide bonds. The minimum atomic E-state index is 0.227. The van der Waals surface area contributed by atoms with Gasteiger partial charge in [-0.1, -0.05) is 37.5 Å². The number of nitrogens with one attached hydrogen (secondary N) is 1. The van der Waals surface area contributed by atoms with E-state index in [0.717, 1.165) is 39.0 Å². The van der Waals surface area contributed by atoms with Crippen LogP contribution in [-0.4, -0.2) is 50.1 Å². The van der Waals surface area contributed by atoms with Crippen molar-refractivity contribution in [1.82, 2.24) is 10.2 Å². The van der Waals surface area contributed by atoms with Gasteiger partial charge in [-0.2, -0.15) is 0 Å². The highest BCUT2D eigenvalue weighted by Gasteiger charge is 2.26. The average molecular weight is 344 g/mol. The molecule has 3 rings (SSSR count). The van der Waals surface area contributed by atoms with Crippen molar-refractivity contribution in [2.75, 3.05) is 38.1 Å². The lowest BCUT2D eigenvalue weighted by Gasteiger charge is -2.33. The lowest BCUT2D eigenvalue weighted by Crippen LogP contribution is -2.45. The van der Waals surface area contributed by atoms with Gasteiger partial charge in [-0.3, -0.25) is 4.79 Å². The third-order valence-corrected chi connectivity index (χ3v) is 5.86. The molecule has 1 aromatic rings. The Hall–Kier alpha value is -1.55. The van der Waals surface area contributed by atoms with E-state index in [1.54, 1.807) is 0 Å². The monoisotopic (exact) mass is 343 g/mol. The van der Waals surface area contributed by atoms with Crippen LogP contribution in [0.25, 0.3) is 0 Å². The SMILES string of the molecule is CN(CCN1CCC(C(=O)NC2CCCCC2)CC1)c1ccccc1. The Morgan fingerprint density at radius 3 is 2.44 bits per heavy atom. The molecule has 0 spiro atoms. The van der Waals surface area contributed by atoms with Crippen LogP contribution in [0.15, 0.2) is 30.3 Å². The summed E-state index contributed by atoms with van der Waals surface area (Å²) in [4.78, 5) is 17.3. The van der Waals surface area contributed by atoms with Crippen molar-refractivity contribution in [3.63, 3.8) is 0 Å². The molecule has 4 nitrogen and oxygen atoms in total. The first-order valence-corrected chi connectivity index (χ1v) is 10.0. The number of amides is 1. The number of likely N-dealkylation sites (N-methyl/N-ethyl adjacent to an activating group) is 1. The fourth-order valence-corrected chi connectivity index (χ4v) is 4.09. The smallest absolute Gasteiger partial charge is 0.223 e. The number of hydrogen-bond acceptors (Lipinski definition) is 3. The van der Waals surface area contributed by atoms with Crippen molar-refractivity contribution in [2.24, 2.45) is 5.92 Å². The molecule has 0 atom stereocenters. The van der Waals surface area contributed by atoms with Crippen LogP contribution < -0.4 is 10.2 Å². The Balaban J connectivity index is 1.36. The van der Waals surface area contributed by atoms with Crippen LogP contribution in [0.2, 0.25) is 0 Å². The van der Waals surface area contributed by atoms with Crippen LogP contribution in [0.1, 0.15) is 44.9 Å². The van der Waals surface area contributed by atoms with Crippen LogP contribution in [0.3, 0.4) is 0 Å². The van der Waals surface area contributed by atoms with Gasteiger partial charge in [0.15, 0.2) is 0 Å². The van der Waals surface area contributed by atoms with E-state index in [4.69, 9.17) is 0 Å². The van der Waals surface area contributed by atoms with E-state index in [1.807, 2.05) is 0 Å². The number of benzene rings is 1. The van der Waals surface area contributed by atoms with Gasteiger partial charge in [-0.25, -0.2) is 0 Å². The Morgan fingerprint density at radius 1 is 1.08 bits per heavy atom. The maximum atomic E-state index is 12.5. The molecule has 1 saturated heterocycles. The molecule has 0 radical (unpaired) electrons. The van der Waals surface area contributed by atoms with Gasteiger partial charge in [-0.15, -0.1) is 0 Å². The maximum Gasteiger partial charge on any atom is 0.223 e. The van der Waals surface area contributed by atoms with Crippen molar-refractivity contribution in [3.05, 3.63) is 30.3 Å². The molecule has 0 aromatic heterocycles. The van der Waals surface area contributed by atoms with Crippen LogP contribution in [-0.2, 0) is 4.79 Å². The number of nitrogens with zero attached hydrogens (tertiary/aromatic N) is 2. The maximum absolute atomic E-state index is 12.5. The van der Waals surface area contributed by atoms with Gasteiger partial charge in [-0.05, 0) is 50.9 Å². The number of hydrogen-bond donors (Lipinski definition) is 1. The van der Waals surface area contributed by atoms with Crippen molar-refractivity contribution < 1.29 is 4.79 Å². The first kappa shape index (κ1) is 18.2. The van der Waals surface area contributed by atoms with E-state index < -0.39 is 0 Å². The van der Waals surface area contributed by atoms with Crippen molar-refractivity contribution in [3.8, 4) is 0 Å². The molecule has 0 unspecified atom stereocenters. The van der Waals surface area contributed by atoms with Crippen molar-refractivity contribution in [2.45, 2.75) is 51.0 Å². The third kappa shape index (κ3) is 5.46. The van der Waals surface area contributed by atoms with Crippen LogP contribution in [0.5, 0.6) is 0 Å². The third-order valence-electron chi connectivity index (χ3n) is 5.86. The van der Waals surface area contributed by atoms with Gasteiger partial charge < -0.3 is 15.1 Å². The fraction of sp³-hybridized carbons (Fsp3) is 0.667. The summed E-state index contributed by atoms with van der Waals surface area (Å²) in [5, 5.41) is 3.31. The second-order valence-electron chi connectivity index (χ2n) is 7.72. The van der Waals surface area contributed by atoms with E-state index in [9.17, 15) is 4.79 Å². The lowest BCUT2D eigenvalue weighted by molar-refractivity contribution is -0.127. The topological polar surface area (TPSA) is 35.6 Å². The number of rotatable bonds is 6. The van der Waals surface area contributed by atoms with Gasteiger partial charge in [0.05, 0.1) is 0 Å². The molecule has 1 aromatic carbocycles. The van der Waals surface area contributed by atoms with Crippen LogP contribution in [0, 0.1) is 5.92 Å². The van der Waals surface area contributed by atoms with Gasteiger partial charge in [0.25, 0.3) is 0 Å². The van der Waals surface area contributed by atoms with E-state index >= 15 is 0 Å². The summed E-state index contributed by atoms with van der Waals surface area (Å²) in [5.41, 5.74) is 1.27. The zero-order valence-electron chi connectivity index (χ0n) is 15.6. The molecular formula is C21H33N3O. The predicted molar refractivity (Wildman–Crippen MR) is 104 cm³/mol. The van der Waals surface area contributed by atoms with E-state index in [1.165, 1.54) is 37.8 Å². The van der Waals surface area contributed by atoms with Crippen LogP contribution in [0.4, 0.5) is 5.69 Å². The van der Waals surface area contributed by atoms with E-state index in [-0.39, 0.29) is 5.92 Å². The Morgan fingerprint density at radius 2 is 1.76 bits per heavy atom. The first-order chi connectivity index (χ1) is 12.2. The molecule has 1 aliphatic carbocycles. The Kier molecular flexibility index (Phi) is 6.74. The zero-order chi connectivity index (χ0) is 17.5. The van der Waals surface area contributed by atoms with Gasteiger partial charge in [0.2, 0.25) is 5.91 Å². The number of piperidine rings is 1. The number of anilines is 1. The molecule has 138 valence electrons. The van der Waals surface area contributed by atoms with E-state index in [0.29, 0.717) is 11.9 Å². The largest absolute Gasteiger partial charge is 0.373 e. The highest BCUT2D eigenvalue weighted by Crippen LogP contribution is 2.21. The number of likely N-dealkylation sites (tertiary alicyclic amines) is 1. The summed E-state index contributed by atoms with van der Waals surface area (Å²) < 4.78 is 0. The molecule has 1 saturated carbocycles. The second-order valence-corrected chi connectivity index (χ2v) is 7.72. The minimum Gasteiger partial charge on any atom is -0.373 e. The molecule has 1 aliphatic heterocycles. The lowest BCUT2D eigenvalue weighted by atomic mass is 9.92. The predicted octanol–water partition coefficient (Wildman–Crippen LogP) is 3.28. The Labute approximate surface area is 152 Å². The molecular weight excluding hydrogens is 310 g/mol. The number of para-hydroxylation sites is 1. The van der Waals surface area contributed by atoms with Crippen molar-refractivity contribution in [1.29, 1.82) is 0 Å². The fourth-order valence-electron chi connectivity index (χ4n) is 4.09. The summed E-state index contributed by atoms with van der Waals surface area (Å²) in [5.74, 6) is 0.540. The van der Waals surface area contributed by atoms with Gasteiger partial charge in [0.1, 0.15) is 0 Å². The first-order valence-electron chi connectivity index (χ1n) is 10.0. The Bertz CT molecular complexity index is 519. The molecule has 1 heterocycles. The van der Waals surface area contributed by atoms with E-state index in [2.05, 4.69) is 52.5 Å². The molecule has 1 N–H and O–H groups in total. The highest BCUT2D eigenvalue weighted by atomic mass is 16.1. The number of carbonyl (C=O) groups is 1. The standard InChI is InChI=1S/C21H33N3O/c1-23(20-10-6-3-7-11-20)16-17-24-14-12-18(13-15-24)21(25)22-19-8-4-2-5-9-19/h3,6-7,10-11,18-19H,2,4-5,8-9,12-17H2,1H3,(H,22,25). The summed E-state index contributed by atoms with van der Waals surface area (Å²) >= 11 is 0. The molecule has 0 bridgehead atoms. The highest BCUT2D eigenvalue weighted by molar-refractivity contribution is 5.79. The summed E-state index contributed by atoms with van der Waals surface area (Å²) in [6.07, 6.45) is 8.26. The second kappa shape index (κ2) is 9.23. The average Bonchev–Trinajstić information content (AvgIpc) is 2.68. The van der Waals surface area contributed by atoms with Gasteiger partial charge >= 0.3 is 0 Å². The molecule has 2 aliphatic rings. The van der Waals surface area contributed by atoms with Crippen LogP contribution >= 0.6 is 0 Å². The zero-order valence-corrected chi connectivity index (χ0v) is 15.6. The molecule has 2 fully saturated rings. The normalized spacial score (nSPS) is 20.4. The summed E-state index contributed by atoms with van der Waals surface area (Å²) in [7, 11) is 2.15.